The third-order valence-corrected chi connectivity index (χ3v) is 15.8. The van der Waals surface area contributed by atoms with E-state index in [-0.39, 0.29) is 46.1 Å². The molecule has 3 aromatic heterocycles. The van der Waals surface area contributed by atoms with Gasteiger partial charge in [-0.2, -0.15) is 4.98 Å². The normalized spacial score (nSPS) is 22.4. The van der Waals surface area contributed by atoms with Gasteiger partial charge in [0.15, 0.2) is 5.75 Å². The number of nitrogens with one attached hydrogen (secondary N) is 3. The van der Waals surface area contributed by atoms with Gasteiger partial charge in [0.1, 0.15) is 16.3 Å². The van der Waals surface area contributed by atoms with Crippen LogP contribution in [0.25, 0.3) is 11.0 Å². The van der Waals surface area contributed by atoms with Crippen LogP contribution in [-0.4, -0.2) is 102 Å². The molecule has 67 heavy (non-hydrogen) atoms. The molecule has 17 nitrogen and oxygen atoms in total. The molecular weight excluding hydrogens is 877 g/mol. The minimum atomic E-state index is -4.67. The number of carbonyl (C=O) groups excluding carboxylic acids is 1. The van der Waals surface area contributed by atoms with Crippen LogP contribution in [0.1, 0.15) is 106 Å². The zero-order valence-electron chi connectivity index (χ0n) is 38.5. The third kappa shape index (κ3) is 9.80. The first kappa shape index (κ1) is 46.3. The lowest BCUT2D eigenvalue weighted by Crippen LogP contribution is -2.58. The fourth-order valence-electron chi connectivity index (χ4n) is 10.6. The number of benzene rings is 2. The second-order valence-electron chi connectivity index (χ2n) is 19.4. The third-order valence-electron chi connectivity index (χ3n) is 14.5. The number of piperidine rings is 1. The molecular formula is C49H60N8O9S. The van der Waals surface area contributed by atoms with Crippen LogP contribution in [-0.2, 0) is 14.8 Å². The Morgan fingerprint density at radius 1 is 1.04 bits per heavy atom. The lowest BCUT2D eigenvalue weighted by atomic mass is 9.59. The number of nitro groups is 1. The number of amides is 1. The first-order valence-electron chi connectivity index (χ1n) is 23.3. The maximum Gasteiger partial charge on any atom is 0.312 e. The van der Waals surface area contributed by atoms with Gasteiger partial charge in [-0.15, -0.1) is 0 Å². The van der Waals surface area contributed by atoms with Crippen molar-refractivity contribution in [2.75, 3.05) is 56.7 Å². The Hall–Kier alpha value is -5.82. The highest BCUT2D eigenvalue weighted by atomic mass is 32.2. The summed E-state index contributed by atoms with van der Waals surface area (Å²) in [7, 11) is -3.22. The van der Waals surface area contributed by atoms with Crippen LogP contribution in [0.4, 0.5) is 17.2 Å². The molecule has 4 aliphatic rings. The van der Waals surface area contributed by atoms with Crippen molar-refractivity contribution in [3.8, 4) is 17.4 Å². The Labute approximate surface area is 390 Å². The number of nitrogens with zero attached hydrogens (tertiary/aromatic N) is 5. The molecule has 18 heteroatoms. The Balaban J connectivity index is 0.920. The number of fused-ring (bicyclic) bond motifs is 1. The highest BCUT2D eigenvalue weighted by molar-refractivity contribution is 7.90. The van der Waals surface area contributed by atoms with Crippen molar-refractivity contribution in [1.29, 1.82) is 0 Å². The van der Waals surface area contributed by atoms with Gasteiger partial charge in [-0.3, -0.25) is 19.8 Å². The number of anilines is 2. The number of carbonyl (C=O) groups is 1. The van der Waals surface area contributed by atoms with E-state index in [1.165, 1.54) is 24.3 Å². The molecule has 5 aromatic rings. The number of aromatic amines is 1. The number of pyridine rings is 2. The molecule has 5 heterocycles. The zero-order chi connectivity index (χ0) is 47.1. The summed E-state index contributed by atoms with van der Waals surface area (Å²) in [5.41, 5.74) is 2.97. The summed E-state index contributed by atoms with van der Waals surface area (Å²) in [5.74, 6) is -0.0910. The fraction of sp³-hybridized carbons (Fsp3) is 0.490. The van der Waals surface area contributed by atoms with Crippen molar-refractivity contribution < 1.29 is 37.5 Å². The van der Waals surface area contributed by atoms with Gasteiger partial charge in [-0.05, 0) is 111 Å². The SMILES string of the molecule is COc1nc2[nH]ccc2cc1Oc1cc(N2CCC3(CC2)CC(N2CCOC[C@@H]2c2ccccc2C(C)C)C3)ccc1C(=O)NS(=O)(=O)c1cnc(NC[C@H]2CC[C@](C)(O)CC2)c([N+](=O)[O-])c1. The van der Waals surface area contributed by atoms with Crippen LogP contribution in [0.5, 0.6) is 17.4 Å². The number of sulfonamides is 1. The van der Waals surface area contributed by atoms with Crippen molar-refractivity contribution in [3.63, 3.8) is 0 Å². The van der Waals surface area contributed by atoms with Gasteiger partial charge >= 0.3 is 5.69 Å². The average molecular weight is 937 g/mol. The van der Waals surface area contributed by atoms with E-state index in [1.807, 2.05) is 6.07 Å². The van der Waals surface area contributed by atoms with Gasteiger partial charge in [0.25, 0.3) is 21.8 Å². The second kappa shape index (κ2) is 18.7. The average Bonchev–Trinajstić information content (AvgIpc) is 3.77. The van der Waals surface area contributed by atoms with Crippen LogP contribution < -0.4 is 24.4 Å². The quantitative estimate of drug-likeness (QED) is 0.0612. The van der Waals surface area contributed by atoms with Crippen LogP contribution in [0, 0.1) is 21.4 Å². The Bertz CT molecular complexity index is 2740. The van der Waals surface area contributed by atoms with Crippen LogP contribution in [0.3, 0.4) is 0 Å². The Kier molecular flexibility index (Phi) is 12.9. The van der Waals surface area contributed by atoms with E-state index in [0.29, 0.717) is 43.6 Å². The minimum Gasteiger partial charge on any atom is -0.478 e. The zero-order valence-corrected chi connectivity index (χ0v) is 39.3. The maximum atomic E-state index is 14.1. The van der Waals surface area contributed by atoms with E-state index < -0.39 is 37.0 Å². The number of hydrogen-bond donors (Lipinski definition) is 4. The molecule has 2 saturated heterocycles. The van der Waals surface area contributed by atoms with Gasteiger partial charge in [-0.1, -0.05) is 38.1 Å². The molecule has 1 amide bonds. The van der Waals surface area contributed by atoms with E-state index in [2.05, 4.69) is 72.9 Å². The molecule has 356 valence electrons. The van der Waals surface area contributed by atoms with Gasteiger partial charge < -0.3 is 34.5 Å². The van der Waals surface area contributed by atoms with E-state index >= 15 is 0 Å². The number of morpholine rings is 1. The number of H-pyrrole nitrogens is 1. The lowest BCUT2D eigenvalue weighted by Gasteiger charge is -2.57. The summed E-state index contributed by atoms with van der Waals surface area (Å²) in [6.45, 7) is 10.6. The summed E-state index contributed by atoms with van der Waals surface area (Å²) in [6, 6.07) is 19.0. The molecule has 0 unspecified atom stereocenters. The van der Waals surface area contributed by atoms with E-state index in [9.17, 15) is 28.4 Å². The smallest absolute Gasteiger partial charge is 0.312 e. The standard InChI is InChI=1S/C49H60N8O9S/c1-31(2)37-7-5-6-8-38(37)41-30-65-22-21-56(41)35-26-49(27-35)16-19-55(20-17-49)34-9-10-39(42(24-34)66-43-23-33-13-18-50-44(33)53-47(43)64-4)46(58)54-67(62,63)36-25-40(57(60)61)45(52-29-36)51-28-32-11-14-48(3,59)15-12-32/h5-10,13,18,23-25,29,31-32,35,41,59H,11-12,14-17,19-22,26-28,30H2,1-4H3,(H,50,53)(H,51,52)(H,54,58)/t32-,41-,48-/m1/s1. The van der Waals surface area contributed by atoms with Gasteiger partial charge in [-0.25, -0.2) is 18.1 Å². The highest BCUT2D eigenvalue weighted by Gasteiger charge is 2.50. The molecule has 4 N–H and O–H groups in total. The molecule has 2 saturated carbocycles. The maximum absolute atomic E-state index is 14.1. The Morgan fingerprint density at radius 2 is 1.81 bits per heavy atom. The topological polar surface area (TPSA) is 214 Å². The number of aliphatic hydroxyl groups is 1. The molecule has 4 fully saturated rings. The summed E-state index contributed by atoms with van der Waals surface area (Å²) < 4.78 is 47.7. The van der Waals surface area contributed by atoms with Crippen molar-refractivity contribution in [1.82, 2.24) is 24.6 Å². The first-order chi connectivity index (χ1) is 32.1. The summed E-state index contributed by atoms with van der Waals surface area (Å²) in [5, 5.41) is 26.2. The number of ether oxygens (including phenoxy) is 3. The number of aromatic nitrogens is 3. The molecule has 2 aliphatic carbocycles. The minimum absolute atomic E-state index is 0.0668. The summed E-state index contributed by atoms with van der Waals surface area (Å²) in [6.07, 6.45) is 9.64. The van der Waals surface area contributed by atoms with Crippen LogP contribution >= 0.6 is 0 Å². The van der Waals surface area contributed by atoms with Crippen molar-refractivity contribution >= 4 is 44.2 Å². The number of methoxy groups -OCH3 is 1. The fourth-order valence-corrected chi connectivity index (χ4v) is 11.5. The first-order valence-corrected chi connectivity index (χ1v) is 24.8. The Morgan fingerprint density at radius 3 is 2.54 bits per heavy atom. The highest BCUT2D eigenvalue weighted by Crippen LogP contribution is 2.53. The molecule has 1 spiro atoms. The van der Waals surface area contributed by atoms with Gasteiger partial charge in [0.05, 0.1) is 48.7 Å². The van der Waals surface area contributed by atoms with Crippen LogP contribution in [0.15, 0.2) is 78.0 Å². The van der Waals surface area contributed by atoms with Crippen molar-refractivity contribution in [2.24, 2.45) is 11.3 Å². The second-order valence-corrected chi connectivity index (χ2v) is 21.1. The predicted octanol–water partition coefficient (Wildman–Crippen LogP) is 8.08. The van der Waals surface area contributed by atoms with Crippen molar-refractivity contribution in [3.05, 3.63) is 99.9 Å². The van der Waals surface area contributed by atoms with Gasteiger partial charge in [0.2, 0.25) is 5.82 Å². The number of hydrogen-bond acceptors (Lipinski definition) is 14. The molecule has 0 bridgehead atoms. The molecule has 0 radical (unpaired) electrons. The number of rotatable bonds is 14. The molecule has 2 aromatic carbocycles. The summed E-state index contributed by atoms with van der Waals surface area (Å²) in [4.78, 5) is 41.6. The van der Waals surface area contributed by atoms with Crippen molar-refractivity contribution in [2.45, 2.75) is 101 Å². The molecule has 2 aliphatic heterocycles. The summed E-state index contributed by atoms with van der Waals surface area (Å²) >= 11 is 0. The van der Waals surface area contributed by atoms with Crippen LogP contribution in [0.2, 0.25) is 0 Å². The predicted molar refractivity (Wildman–Crippen MR) is 253 cm³/mol. The lowest BCUT2D eigenvalue weighted by molar-refractivity contribution is -0.384. The monoisotopic (exact) mass is 936 g/mol. The van der Waals surface area contributed by atoms with Gasteiger partial charge in [0, 0.05) is 61.6 Å². The van der Waals surface area contributed by atoms with E-state index in [1.54, 1.807) is 31.3 Å². The molecule has 9 rings (SSSR count). The van der Waals surface area contributed by atoms with E-state index in [4.69, 9.17) is 14.2 Å². The molecule has 1 atom stereocenters. The van der Waals surface area contributed by atoms with E-state index in [0.717, 1.165) is 88.1 Å². The largest absolute Gasteiger partial charge is 0.478 e.